The molecule has 1 aliphatic heterocycles. The van der Waals surface area contributed by atoms with Crippen molar-refractivity contribution in [1.82, 2.24) is 9.80 Å². The third-order valence-corrected chi connectivity index (χ3v) is 6.24. The van der Waals surface area contributed by atoms with Crippen LogP contribution in [0.15, 0.2) is 18.2 Å². The lowest BCUT2D eigenvalue weighted by molar-refractivity contribution is -0.131. The molecule has 1 aliphatic rings. The van der Waals surface area contributed by atoms with E-state index < -0.39 is 10.0 Å². The molecule has 0 aromatic heterocycles. The number of aryl methyl sites for hydroxylation is 1. The van der Waals surface area contributed by atoms with E-state index in [-0.39, 0.29) is 12.5 Å². The summed E-state index contributed by atoms with van der Waals surface area (Å²) in [5.74, 6) is -0.152. The maximum Gasteiger partial charge on any atom is 0.243 e. The van der Waals surface area contributed by atoms with Crippen molar-refractivity contribution >= 4 is 27.3 Å². The molecule has 0 N–H and O–H groups in total. The fourth-order valence-corrected chi connectivity index (χ4v) is 4.27. The van der Waals surface area contributed by atoms with Crippen molar-refractivity contribution in [1.29, 1.82) is 0 Å². The SMILES string of the molecule is CCN(CC)c1ccc(N(CC(=O)N2CCN(C)CC2)S(C)(=O)=O)c(C)c1. The fraction of sp³-hybridized carbons (Fsp3) is 0.632. The van der Waals surface area contributed by atoms with Gasteiger partial charge >= 0.3 is 0 Å². The smallest absolute Gasteiger partial charge is 0.243 e. The van der Waals surface area contributed by atoms with Gasteiger partial charge in [-0.1, -0.05) is 0 Å². The molecule has 2 rings (SSSR count). The Kier molecular flexibility index (Phi) is 7.11. The highest BCUT2D eigenvalue weighted by Crippen LogP contribution is 2.27. The van der Waals surface area contributed by atoms with E-state index in [1.54, 1.807) is 11.0 Å². The Balaban J connectivity index is 2.25. The Morgan fingerprint density at radius 3 is 2.19 bits per heavy atom. The minimum Gasteiger partial charge on any atom is -0.372 e. The zero-order valence-corrected chi connectivity index (χ0v) is 17.9. The highest BCUT2D eigenvalue weighted by atomic mass is 32.2. The van der Waals surface area contributed by atoms with E-state index in [1.807, 2.05) is 26.1 Å². The summed E-state index contributed by atoms with van der Waals surface area (Å²) >= 11 is 0. The molecule has 0 bridgehead atoms. The molecule has 0 spiro atoms. The Morgan fingerprint density at radius 2 is 1.70 bits per heavy atom. The maximum absolute atomic E-state index is 12.7. The lowest BCUT2D eigenvalue weighted by Gasteiger charge is -2.34. The van der Waals surface area contributed by atoms with Gasteiger partial charge in [-0.15, -0.1) is 0 Å². The van der Waals surface area contributed by atoms with Gasteiger partial charge in [0, 0.05) is 45.0 Å². The van der Waals surface area contributed by atoms with Gasteiger partial charge in [0.15, 0.2) is 0 Å². The van der Waals surface area contributed by atoms with Gasteiger partial charge in [0.1, 0.15) is 6.54 Å². The third-order valence-electron chi connectivity index (χ3n) is 5.11. The topological polar surface area (TPSA) is 64.2 Å². The zero-order chi connectivity index (χ0) is 20.2. The summed E-state index contributed by atoms with van der Waals surface area (Å²) in [5, 5.41) is 0. The maximum atomic E-state index is 12.7. The highest BCUT2D eigenvalue weighted by molar-refractivity contribution is 7.92. The molecule has 1 amide bonds. The highest BCUT2D eigenvalue weighted by Gasteiger charge is 2.26. The molecule has 0 unspecified atom stereocenters. The summed E-state index contributed by atoms with van der Waals surface area (Å²) in [6.45, 7) is 10.5. The summed E-state index contributed by atoms with van der Waals surface area (Å²) in [6.07, 6.45) is 1.15. The third kappa shape index (κ3) is 5.35. The molecule has 0 atom stereocenters. The number of carbonyl (C=O) groups is 1. The number of anilines is 2. The van der Waals surface area contributed by atoms with E-state index >= 15 is 0 Å². The van der Waals surface area contributed by atoms with Gasteiger partial charge < -0.3 is 14.7 Å². The number of carbonyl (C=O) groups excluding carboxylic acids is 1. The van der Waals surface area contributed by atoms with Gasteiger partial charge in [-0.05, 0) is 51.6 Å². The molecule has 1 fully saturated rings. The second-order valence-corrected chi connectivity index (χ2v) is 9.00. The first-order chi connectivity index (χ1) is 12.7. The molecular formula is C19H32N4O3S. The Hall–Kier alpha value is -1.80. The lowest BCUT2D eigenvalue weighted by atomic mass is 10.1. The number of nitrogens with zero attached hydrogens (tertiary/aromatic N) is 4. The molecule has 1 heterocycles. The van der Waals surface area contributed by atoms with E-state index in [0.29, 0.717) is 18.8 Å². The van der Waals surface area contributed by atoms with Crippen LogP contribution in [0, 0.1) is 6.92 Å². The molecular weight excluding hydrogens is 364 g/mol. The standard InChI is InChI=1S/C19H32N4O3S/c1-6-21(7-2)17-8-9-18(16(3)14-17)23(27(5,25)26)15-19(24)22-12-10-20(4)11-13-22/h8-9,14H,6-7,10-13,15H2,1-5H3. The van der Waals surface area contributed by atoms with Gasteiger partial charge in [0.05, 0.1) is 11.9 Å². The summed E-state index contributed by atoms with van der Waals surface area (Å²) < 4.78 is 26.1. The zero-order valence-electron chi connectivity index (χ0n) is 17.1. The monoisotopic (exact) mass is 396 g/mol. The first-order valence-corrected chi connectivity index (χ1v) is 11.3. The number of piperazine rings is 1. The molecule has 0 aliphatic carbocycles. The fourth-order valence-electron chi connectivity index (χ4n) is 3.36. The molecule has 1 saturated heterocycles. The van der Waals surface area contributed by atoms with Crippen molar-refractivity contribution < 1.29 is 13.2 Å². The second-order valence-electron chi connectivity index (χ2n) is 7.10. The van der Waals surface area contributed by atoms with Gasteiger partial charge in [-0.3, -0.25) is 9.10 Å². The molecule has 0 radical (unpaired) electrons. The van der Waals surface area contributed by atoms with Crippen molar-refractivity contribution in [3.63, 3.8) is 0 Å². The van der Waals surface area contributed by atoms with Crippen LogP contribution >= 0.6 is 0 Å². The predicted molar refractivity (Wildman–Crippen MR) is 111 cm³/mol. The van der Waals surface area contributed by atoms with Gasteiger partial charge in [-0.25, -0.2) is 8.42 Å². The van der Waals surface area contributed by atoms with E-state index in [9.17, 15) is 13.2 Å². The van der Waals surface area contributed by atoms with Crippen molar-refractivity contribution in [2.24, 2.45) is 0 Å². The minimum absolute atomic E-state index is 0.152. The van der Waals surface area contributed by atoms with Gasteiger partial charge in [-0.2, -0.15) is 0 Å². The summed E-state index contributed by atoms with van der Waals surface area (Å²) in [5.41, 5.74) is 2.46. The minimum atomic E-state index is -3.57. The summed E-state index contributed by atoms with van der Waals surface area (Å²) in [7, 11) is -1.55. The first kappa shape index (κ1) is 21.5. The first-order valence-electron chi connectivity index (χ1n) is 9.47. The number of amides is 1. The summed E-state index contributed by atoms with van der Waals surface area (Å²) in [6, 6.07) is 5.72. The van der Waals surface area contributed by atoms with Crippen LogP contribution in [0.2, 0.25) is 0 Å². The largest absolute Gasteiger partial charge is 0.372 e. The normalized spacial score (nSPS) is 15.7. The van der Waals surface area contributed by atoms with E-state index in [2.05, 4.69) is 23.6 Å². The number of hydrogen-bond donors (Lipinski definition) is 0. The van der Waals surface area contributed by atoms with Crippen LogP contribution in [0.25, 0.3) is 0 Å². The Morgan fingerprint density at radius 1 is 1.11 bits per heavy atom. The summed E-state index contributed by atoms with van der Waals surface area (Å²) in [4.78, 5) is 18.8. The molecule has 0 saturated carbocycles. The number of hydrogen-bond acceptors (Lipinski definition) is 5. The number of likely N-dealkylation sites (N-methyl/N-ethyl adjacent to an activating group) is 1. The van der Waals surface area contributed by atoms with Crippen LogP contribution in [0.5, 0.6) is 0 Å². The van der Waals surface area contributed by atoms with Crippen LogP contribution in [0.1, 0.15) is 19.4 Å². The van der Waals surface area contributed by atoms with Crippen LogP contribution < -0.4 is 9.21 Å². The predicted octanol–water partition coefficient (Wildman–Crippen LogP) is 1.38. The van der Waals surface area contributed by atoms with Crippen molar-refractivity contribution in [2.75, 3.05) is 68.3 Å². The van der Waals surface area contributed by atoms with Crippen molar-refractivity contribution in [3.05, 3.63) is 23.8 Å². The number of benzene rings is 1. The van der Waals surface area contributed by atoms with Gasteiger partial charge in [0.25, 0.3) is 0 Å². The lowest BCUT2D eigenvalue weighted by Crippen LogP contribution is -2.50. The van der Waals surface area contributed by atoms with Crippen LogP contribution in [0.3, 0.4) is 0 Å². The molecule has 152 valence electrons. The molecule has 8 heteroatoms. The molecule has 27 heavy (non-hydrogen) atoms. The average molecular weight is 397 g/mol. The van der Waals surface area contributed by atoms with Crippen molar-refractivity contribution in [2.45, 2.75) is 20.8 Å². The Bertz CT molecular complexity index is 754. The van der Waals surface area contributed by atoms with Crippen LogP contribution in [-0.4, -0.2) is 83.2 Å². The molecule has 1 aromatic rings. The van der Waals surface area contributed by atoms with Crippen LogP contribution in [-0.2, 0) is 14.8 Å². The number of sulfonamides is 1. The van der Waals surface area contributed by atoms with E-state index in [1.165, 1.54) is 4.31 Å². The quantitative estimate of drug-likeness (QED) is 0.697. The van der Waals surface area contributed by atoms with Crippen molar-refractivity contribution in [3.8, 4) is 0 Å². The Labute approximate surface area is 163 Å². The molecule has 7 nitrogen and oxygen atoms in total. The average Bonchev–Trinajstić information content (AvgIpc) is 2.61. The van der Waals surface area contributed by atoms with E-state index in [0.717, 1.165) is 43.7 Å². The second kappa shape index (κ2) is 8.93. The van der Waals surface area contributed by atoms with Gasteiger partial charge in [0.2, 0.25) is 15.9 Å². The van der Waals surface area contributed by atoms with E-state index in [4.69, 9.17) is 0 Å². The van der Waals surface area contributed by atoms with Crippen LogP contribution in [0.4, 0.5) is 11.4 Å². The number of rotatable bonds is 7. The molecule has 1 aromatic carbocycles.